The average Bonchev–Trinajstić information content (AvgIpc) is 1.62. The second kappa shape index (κ2) is 3.48. The van der Waals surface area contributed by atoms with Crippen LogP contribution in [0.5, 0.6) is 0 Å². The zero-order chi connectivity index (χ0) is 5.66. The lowest BCUT2D eigenvalue weighted by molar-refractivity contribution is 0.944. The Morgan fingerprint density at radius 2 is 1.88 bits per heavy atom. The molecule has 0 nitrogen and oxygen atoms in total. The van der Waals surface area contributed by atoms with Crippen LogP contribution >= 0.6 is 0 Å². The van der Waals surface area contributed by atoms with Gasteiger partial charge in [0.2, 0.25) is 0 Å². The van der Waals surface area contributed by atoms with Crippen LogP contribution in [0, 0.1) is 6.08 Å². The number of allylic oxidation sites excluding steroid dienone is 4. The fraction of sp³-hybridized carbons (Fsp3) is 0.500. The van der Waals surface area contributed by atoms with Crippen LogP contribution in [-0.2, 0) is 0 Å². The van der Waals surface area contributed by atoms with Crippen molar-refractivity contribution in [3.63, 3.8) is 0 Å². The normalized spacial score (nSPS) is 20.0. The summed E-state index contributed by atoms with van der Waals surface area (Å²) in [6.07, 6.45) is 14.5. The SMILES string of the molecule is [C]1=CCCC=CCC1. The van der Waals surface area contributed by atoms with Crippen molar-refractivity contribution < 1.29 is 0 Å². The van der Waals surface area contributed by atoms with E-state index in [1.165, 1.54) is 19.3 Å². The van der Waals surface area contributed by atoms with Crippen LogP contribution in [-0.4, -0.2) is 0 Å². The van der Waals surface area contributed by atoms with Crippen molar-refractivity contribution in [2.24, 2.45) is 0 Å². The molecule has 0 heteroatoms. The van der Waals surface area contributed by atoms with E-state index in [2.05, 4.69) is 24.3 Å². The first-order valence-corrected chi connectivity index (χ1v) is 3.20. The van der Waals surface area contributed by atoms with Crippen LogP contribution in [0.1, 0.15) is 25.7 Å². The summed E-state index contributed by atoms with van der Waals surface area (Å²) < 4.78 is 0. The molecule has 0 unspecified atom stereocenters. The Morgan fingerprint density at radius 1 is 1.00 bits per heavy atom. The van der Waals surface area contributed by atoms with E-state index in [1.807, 2.05) is 0 Å². The van der Waals surface area contributed by atoms with Crippen molar-refractivity contribution >= 4 is 0 Å². The molecule has 0 spiro atoms. The Balaban J connectivity index is 2.29. The zero-order valence-corrected chi connectivity index (χ0v) is 5.06. The number of hydrogen-bond acceptors (Lipinski definition) is 0. The molecule has 0 saturated carbocycles. The first-order chi connectivity index (χ1) is 4.00. The van der Waals surface area contributed by atoms with E-state index in [0.29, 0.717) is 0 Å². The van der Waals surface area contributed by atoms with Crippen LogP contribution in [0.3, 0.4) is 0 Å². The molecule has 0 fully saturated rings. The second-order valence-corrected chi connectivity index (χ2v) is 2.00. The first-order valence-electron chi connectivity index (χ1n) is 3.20. The van der Waals surface area contributed by atoms with Gasteiger partial charge in [0.15, 0.2) is 0 Å². The van der Waals surface area contributed by atoms with E-state index in [-0.39, 0.29) is 0 Å². The van der Waals surface area contributed by atoms with Crippen molar-refractivity contribution in [3.8, 4) is 0 Å². The standard InChI is InChI=1S/C8H11/c1-2-4-6-8-7-5-3-1/h1-2,7H,3-6H2. The van der Waals surface area contributed by atoms with E-state index < -0.39 is 0 Å². The lowest BCUT2D eigenvalue weighted by atomic mass is 10.1. The van der Waals surface area contributed by atoms with Gasteiger partial charge in [0.25, 0.3) is 0 Å². The van der Waals surface area contributed by atoms with Gasteiger partial charge in [-0.3, -0.25) is 0 Å². The quantitative estimate of drug-likeness (QED) is 0.417. The lowest BCUT2D eigenvalue weighted by Gasteiger charge is -1.91. The predicted molar refractivity (Wildman–Crippen MR) is 35.4 cm³/mol. The third-order valence-electron chi connectivity index (χ3n) is 1.24. The van der Waals surface area contributed by atoms with Gasteiger partial charge >= 0.3 is 0 Å². The van der Waals surface area contributed by atoms with Crippen molar-refractivity contribution in [2.75, 3.05) is 0 Å². The molecular formula is C8H11. The molecule has 8 heavy (non-hydrogen) atoms. The Labute approximate surface area is 50.9 Å². The summed E-state index contributed by atoms with van der Waals surface area (Å²) in [5.74, 6) is 0. The highest BCUT2D eigenvalue weighted by atomic mass is 13.9. The Hall–Kier alpha value is -0.520. The maximum atomic E-state index is 3.21. The average molecular weight is 107 g/mol. The molecule has 0 bridgehead atoms. The van der Waals surface area contributed by atoms with Gasteiger partial charge in [0, 0.05) is 0 Å². The van der Waals surface area contributed by atoms with Crippen LogP contribution in [0.15, 0.2) is 18.2 Å². The van der Waals surface area contributed by atoms with Crippen LogP contribution < -0.4 is 0 Å². The van der Waals surface area contributed by atoms with Gasteiger partial charge < -0.3 is 0 Å². The van der Waals surface area contributed by atoms with E-state index in [4.69, 9.17) is 0 Å². The Bertz CT molecular complexity index is 72.6. The summed E-state index contributed by atoms with van der Waals surface area (Å²) in [6, 6.07) is 0. The van der Waals surface area contributed by atoms with Gasteiger partial charge in [0.05, 0.1) is 0 Å². The molecular weight excluding hydrogens is 96.1 g/mol. The van der Waals surface area contributed by atoms with Crippen LogP contribution in [0.4, 0.5) is 0 Å². The minimum atomic E-state index is 1.11. The smallest absolute Gasteiger partial charge is 0.0245 e. The molecule has 0 amide bonds. The van der Waals surface area contributed by atoms with E-state index in [9.17, 15) is 0 Å². The molecule has 43 valence electrons. The highest BCUT2D eigenvalue weighted by Crippen LogP contribution is 2.01. The molecule has 1 rings (SSSR count). The molecule has 0 N–H and O–H groups in total. The molecule has 1 aliphatic carbocycles. The van der Waals surface area contributed by atoms with Crippen molar-refractivity contribution in [1.29, 1.82) is 0 Å². The largest absolute Gasteiger partial charge is 0.0882 e. The lowest BCUT2D eigenvalue weighted by Crippen LogP contribution is -1.72. The topological polar surface area (TPSA) is 0 Å². The van der Waals surface area contributed by atoms with Crippen molar-refractivity contribution in [2.45, 2.75) is 25.7 Å². The fourth-order valence-corrected chi connectivity index (χ4v) is 0.786. The monoisotopic (exact) mass is 107 g/mol. The summed E-state index contributed by atoms with van der Waals surface area (Å²) in [7, 11) is 0. The van der Waals surface area contributed by atoms with Gasteiger partial charge in [-0.25, -0.2) is 0 Å². The van der Waals surface area contributed by atoms with Crippen LogP contribution in [0.2, 0.25) is 0 Å². The summed E-state index contributed by atoms with van der Waals surface area (Å²) in [5.41, 5.74) is 0. The predicted octanol–water partition coefficient (Wildman–Crippen LogP) is 2.48. The highest BCUT2D eigenvalue weighted by Gasteiger charge is 1.82. The van der Waals surface area contributed by atoms with Gasteiger partial charge in [-0.2, -0.15) is 0 Å². The maximum absolute atomic E-state index is 3.21. The van der Waals surface area contributed by atoms with Crippen molar-refractivity contribution in [3.05, 3.63) is 24.3 Å². The molecule has 0 heterocycles. The summed E-state index contributed by atoms with van der Waals surface area (Å²) in [6.45, 7) is 0. The van der Waals surface area contributed by atoms with Gasteiger partial charge in [-0.15, -0.1) is 0 Å². The second-order valence-electron chi connectivity index (χ2n) is 2.00. The summed E-state index contributed by atoms with van der Waals surface area (Å²) >= 11 is 0. The molecule has 0 saturated heterocycles. The molecule has 1 aliphatic rings. The molecule has 0 atom stereocenters. The minimum absolute atomic E-state index is 1.11. The van der Waals surface area contributed by atoms with Crippen molar-refractivity contribution in [1.82, 2.24) is 0 Å². The minimum Gasteiger partial charge on any atom is -0.0882 e. The zero-order valence-electron chi connectivity index (χ0n) is 5.06. The summed E-state index contributed by atoms with van der Waals surface area (Å²) in [5, 5.41) is 0. The van der Waals surface area contributed by atoms with Gasteiger partial charge in [-0.05, 0) is 31.8 Å². The van der Waals surface area contributed by atoms with Gasteiger partial charge in [0.1, 0.15) is 0 Å². The third kappa shape index (κ3) is 1.97. The molecule has 1 radical (unpaired) electrons. The Kier molecular flexibility index (Phi) is 2.44. The third-order valence-corrected chi connectivity index (χ3v) is 1.24. The molecule has 0 aromatic carbocycles. The van der Waals surface area contributed by atoms with Crippen LogP contribution in [0.25, 0.3) is 0 Å². The highest BCUT2D eigenvalue weighted by molar-refractivity contribution is 4.89. The van der Waals surface area contributed by atoms with E-state index in [1.54, 1.807) is 0 Å². The molecule has 0 aliphatic heterocycles. The molecule has 0 aromatic heterocycles. The van der Waals surface area contributed by atoms with E-state index >= 15 is 0 Å². The maximum Gasteiger partial charge on any atom is -0.0245 e. The molecule has 0 aromatic rings. The number of hydrogen-bond donors (Lipinski definition) is 0. The van der Waals surface area contributed by atoms with E-state index in [0.717, 1.165) is 6.42 Å². The Morgan fingerprint density at radius 3 is 2.88 bits per heavy atom. The van der Waals surface area contributed by atoms with Gasteiger partial charge in [-0.1, -0.05) is 18.2 Å². The first kappa shape index (κ1) is 5.61. The fourth-order valence-electron chi connectivity index (χ4n) is 0.786. The number of rotatable bonds is 0. The summed E-state index contributed by atoms with van der Waals surface area (Å²) in [4.78, 5) is 0.